The van der Waals surface area contributed by atoms with Crippen LogP contribution in [0.2, 0.25) is 5.15 Å². The lowest BCUT2D eigenvalue weighted by Gasteiger charge is -2.19. The van der Waals surface area contributed by atoms with Crippen molar-refractivity contribution >= 4 is 29.0 Å². The molecule has 0 amide bonds. The van der Waals surface area contributed by atoms with Crippen molar-refractivity contribution in [3.8, 4) is 0 Å². The van der Waals surface area contributed by atoms with Gasteiger partial charge >= 0.3 is 0 Å². The maximum absolute atomic E-state index is 5.91. The summed E-state index contributed by atoms with van der Waals surface area (Å²) >= 11 is 7.82. The Bertz CT molecular complexity index is 533. The molecule has 1 aliphatic heterocycles. The van der Waals surface area contributed by atoms with Crippen LogP contribution in [0.5, 0.6) is 0 Å². The SMILES string of the molecule is CC1(c2nnc3ccc(Cl)nn23)CCCS1. The highest BCUT2D eigenvalue weighted by Crippen LogP contribution is 2.45. The molecule has 0 saturated carbocycles. The number of hydrogen-bond acceptors (Lipinski definition) is 4. The lowest BCUT2D eigenvalue weighted by atomic mass is 10.1. The van der Waals surface area contributed by atoms with Crippen LogP contribution in [-0.4, -0.2) is 25.6 Å². The van der Waals surface area contributed by atoms with Crippen LogP contribution < -0.4 is 0 Å². The summed E-state index contributed by atoms with van der Waals surface area (Å²) in [5.41, 5.74) is 0.758. The van der Waals surface area contributed by atoms with Crippen molar-refractivity contribution in [2.45, 2.75) is 24.5 Å². The Balaban J connectivity index is 2.19. The molecule has 84 valence electrons. The maximum atomic E-state index is 5.91. The molecule has 0 spiro atoms. The molecule has 0 aromatic carbocycles. The number of rotatable bonds is 1. The van der Waals surface area contributed by atoms with Crippen LogP contribution in [0.25, 0.3) is 5.65 Å². The number of aromatic nitrogens is 4. The normalized spacial score (nSPS) is 25.4. The van der Waals surface area contributed by atoms with Crippen LogP contribution in [0.15, 0.2) is 12.1 Å². The Hall–Kier alpha value is -0.810. The average molecular weight is 255 g/mol. The largest absolute Gasteiger partial charge is 0.194 e. The Morgan fingerprint density at radius 1 is 1.44 bits per heavy atom. The van der Waals surface area contributed by atoms with E-state index in [1.807, 2.05) is 17.8 Å². The fourth-order valence-electron chi connectivity index (χ4n) is 2.05. The van der Waals surface area contributed by atoms with Gasteiger partial charge in [0, 0.05) is 0 Å². The van der Waals surface area contributed by atoms with Crippen molar-refractivity contribution in [3.63, 3.8) is 0 Å². The predicted molar refractivity (Wildman–Crippen MR) is 64.8 cm³/mol. The highest BCUT2D eigenvalue weighted by atomic mass is 35.5. The summed E-state index contributed by atoms with van der Waals surface area (Å²) in [6.07, 6.45) is 2.34. The van der Waals surface area contributed by atoms with E-state index < -0.39 is 0 Å². The zero-order chi connectivity index (χ0) is 11.2. The van der Waals surface area contributed by atoms with Gasteiger partial charge in [0.15, 0.2) is 11.5 Å². The van der Waals surface area contributed by atoms with Crippen molar-refractivity contribution in [2.75, 3.05) is 5.75 Å². The molecular formula is C10H11ClN4S. The molecule has 0 N–H and O–H groups in total. The van der Waals surface area contributed by atoms with E-state index in [-0.39, 0.29) is 4.75 Å². The number of thioether (sulfide) groups is 1. The molecule has 4 nitrogen and oxygen atoms in total. The van der Waals surface area contributed by atoms with Gasteiger partial charge in [-0.05, 0) is 37.7 Å². The first-order chi connectivity index (χ1) is 7.69. The molecule has 1 unspecified atom stereocenters. The van der Waals surface area contributed by atoms with Crippen LogP contribution in [-0.2, 0) is 4.75 Å². The lowest BCUT2D eigenvalue weighted by molar-refractivity contribution is 0.584. The Labute approximate surface area is 102 Å². The van der Waals surface area contributed by atoms with Crippen molar-refractivity contribution < 1.29 is 0 Å². The number of halogens is 1. The second kappa shape index (κ2) is 3.60. The molecule has 1 fully saturated rings. The van der Waals surface area contributed by atoms with E-state index in [0.29, 0.717) is 5.15 Å². The van der Waals surface area contributed by atoms with E-state index in [1.165, 1.54) is 12.2 Å². The second-order valence-corrected chi connectivity index (χ2v) is 6.12. The van der Waals surface area contributed by atoms with Gasteiger partial charge in [0.05, 0.1) is 4.75 Å². The Kier molecular flexibility index (Phi) is 2.33. The molecule has 1 saturated heterocycles. The highest BCUT2D eigenvalue weighted by molar-refractivity contribution is 8.00. The Morgan fingerprint density at radius 3 is 3.06 bits per heavy atom. The number of fused-ring (bicyclic) bond motifs is 1. The van der Waals surface area contributed by atoms with E-state index in [4.69, 9.17) is 11.6 Å². The minimum absolute atomic E-state index is 0.0249. The van der Waals surface area contributed by atoms with E-state index in [2.05, 4.69) is 22.2 Å². The molecule has 3 heterocycles. The molecule has 6 heteroatoms. The maximum Gasteiger partial charge on any atom is 0.178 e. The van der Waals surface area contributed by atoms with Crippen LogP contribution in [0.1, 0.15) is 25.6 Å². The zero-order valence-electron chi connectivity index (χ0n) is 8.85. The molecule has 16 heavy (non-hydrogen) atoms. The summed E-state index contributed by atoms with van der Waals surface area (Å²) in [7, 11) is 0. The van der Waals surface area contributed by atoms with Crippen molar-refractivity contribution in [2.24, 2.45) is 0 Å². The van der Waals surface area contributed by atoms with Crippen LogP contribution >= 0.6 is 23.4 Å². The summed E-state index contributed by atoms with van der Waals surface area (Å²) in [5.74, 6) is 2.08. The molecular weight excluding hydrogens is 244 g/mol. The van der Waals surface area contributed by atoms with Gasteiger partial charge in [-0.15, -0.1) is 22.0 Å². The van der Waals surface area contributed by atoms with E-state index in [0.717, 1.165) is 17.9 Å². The molecule has 0 bridgehead atoms. The first-order valence-corrected chi connectivity index (χ1v) is 6.58. The van der Waals surface area contributed by atoms with Gasteiger partial charge in [-0.1, -0.05) is 11.6 Å². The molecule has 0 radical (unpaired) electrons. The van der Waals surface area contributed by atoms with Gasteiger partial charge in [0.1, 0.15) is 5.15 Å². The van der Waals surface area contributed by atoms with Gasteiger partial charge < -0.3 is 0 Å². The summed E-state index contributed by atoms with van der Waals surface area (Å²) < 4.78 is 1.79. The first kappa shape index (κ1) is 10.4. The van der Waals surface area contributed by atoms with E-state index in [9.17, 15) is 0 Å². The predicted octanol–water partition coefficient (Wildman–Crippen LogP) is 2.52. The van der Waals surface area contributed by atoms with Gasteiger partial charge in [-0.3, -0.25) is 0 Å². The van der Waals surface area contributed by atoms with Crippen LogP contribution in [0.4, 0.5) is 0 Å². The van der Waals surface area contributed by atoms with Crippen molar-refractivity contribution in [3.05, 3.63) is 23.1 Å². The van der Waals surface area contributed by atoms with Crippen molar-refractivity contribution in [1.82, 2.24) is 19.8 Å². The standard InChI is InChI=1S/C10H11ClN4S/c1-10(5-2-6-16-10)9-13-12-8-4-3-7(11)14-15(8)9/h3-4H,2,5-6H2,1H3. The van der Waals surface area contributed by atoms with Gasteiger partial charge in [0.25, 0.3) is 0 Å². The smallest absolute Gasteiger partial charge is 0.178 e. The minimum Gasteiger partial charge on any atom is -0.194 e. The van der Waals surface area contributed by atoms with Crippen molar-refractivity contribution in [1.29, 1.82) is 0 Å². The number of nitrogens with zero attached hydrogens (tertiary/aromatic N) is 4. The molecule has 2 aromatic rings. The third-order valence-corrected chi connectivity index (χ3v) is 4.64. The lowest BCUT2D eigenvalue weighted by Crippen LogP contribution is -2.18. The molecule has 0 aliphatic carbocycles. The Morgan fingerprint density at radius 2 is 2.31 bits per heavy atom. The summed E-state index contributed by atoms with van der Waals surface area (Å²) in [5, 5.41) is 13.1. The fourth-order valence-corrected chi connectivity index (χ4v) is 3.47. The highest BCUT2D eigenvalue weighted by Gasteiger charge is 2.36. The van der Waals surface area contributed by atoms with Gasteiger partial charge in [-0.2, -0.15) is 9.61 Å². The van der Waals surface area contributed by atoms with Gasteiger partial charge in [-0.25, -0.2) is 0 Å². The molecule has 1 aliphatic rings. The monoisotopic (exact) mass is 254 g/mol. The van der Waals surface area contributed by atoms with Gasteiger partial charge in [0.2, 0.25) is 0 Å². The summed E-state index contributed by atoms with van der Waals surface area (Å²) in [6.45, 7) is 2.20. The van der Waals surface area contributed by atoms with Crippen LogP contribution in [0.3, 0.4) is 0 Å². The molecule has 1 atom stereocenters. The third kappa shape index (κ3) is 1.50. The average Bonchev–Trinajstić information content (AvgIpc) is 2.84. The fraction of sp³-hybridized carbons (Fsp3) is 0.500. The zero-order valence-corrected chi connectivity index (χ0v) is 10.4. The quantitative estimate of drug-likeness (QED) is 0.784. The molecule has 2 aromatic heterocycles. The second-order valence-electron chi connectivity index (χ2n) is 4.13. The summed E-state index contributed by atoms with van der Waals surface area (Å²) in [4.78, 5) is 0. The van der Waals surface area contributed by atoms with Crippen LogP contribution in [0, 0.1) is 0 Å². The third-order valence-electron chi connectivity index (χ3n) is 2.92. The minimum atomic E-state index is 0.0249. The summed E-state index contributed by atoms with van der Waals surface area (Å²) in [6, 6.07) is 3.58. The van der Waals surface area contributed by atoms with E-state index >= 15 is 0 Å². The van der Waals surface area contributed by atoms with E-state index in [1.54, 1.807) is 10.6 Å². The first-order valence-electron chi connectivity index (χ1n) is 5.21. The topological polar surface area (TPSA) is 43.1 Å². The molecule has 3 rings (SSSR count). The number of hydrogen-bond donors (Lipinski definition) is 0.